The number of aromatic nitrogens is 1. The summed E-state index contributed by atoms with van der Waals surface area (Å²) in [5.41, 5.74) is 2.88. The van der Waals surface area contributed by atoms with E-state index in [1.165, 1.54) is 17.7 Å². The molecule has 1 nitrogen and oxygen atoms in total. The second kappa shape index (κ2) is 4.24. The van der Waals surface area contributed by atoms with Crippen LogP contribution in [0, 0.1) is 6.92 Å². The van der Waals surface area contributed by atoms with E-state index in [9.17, 15) is 0 Å². The summed E-state index contributed by atoms with van der Waals surface area (Å²) in [7, 11) is 0. The molecule has 66 valence electrons. The van der Waals surface area contributed by atoms with Crippen LogP contribution in [0.15, 0.2) is 18.3 Å². The summed E-state index contributed by atoms with van der Waals surface area (Å²) in [5, 5.41) is 0. The average molecular weight is 164 g/mol. The van der Waals surface area contributed by atoms with Crippen molar-refractivity contribution in [3.05, 3.63) is 29.6 Å². The maximum atomic E-state index is 2.36. The molecular weight excluding hydrogens is 146 g/mol. The summed E-state index contributed by atoms with van der Waals surface area (Å²) in [6.45, 7) is 7.76. The van der Waals surface area contributed by atoms with Gasteiger partial charge in [-0.15, -0.1) is 0 Å². The Labute approximate surface area is 75.1 Å². The predicted octanol–water partition coefficient (Wildman–Crippen LogP) is 2.25. The van der Waals surface area contributed by atoms with Crippen molar-refractivity contribution in [2.45, 2.75) is 40.2 Å². The number of nitrogens with zero attached hydrogens (tertiary/aromatic N) is 1. The molecule has 0 aliphatic rings. The van der Waals surface area contributed by atoms with Gasteiger partial charge in [0.05, 0.1) is 0 Å². The minimum Gasteiger partial charge on any atom is -0.202 e. The Morgan fingerprint density at radius 2 is 2.08 bits per heavy atom. The number of aryl methyl sites for hydroxylation is 2. The summed E-state index contributed by atoms with van der Waals surface area (Å²) in [6.07, 6.45) is 4.52. The van der Waals surface area contributed by atoms with Crippen LogP contribution in [0.3, 0.4) is 0 Å². The van der Waals surface area contributed by atoms with Gasteiger partial charge >= 0.3 is 0 Å². The van der Waals surface area contributed by atoms with Crippen molar-refractivity contribution in [1.29, 1.82) is 0 Å². The summed E-state index contributed by atoms with van der Waals surface area (Å²) in [6, 6.07) is 4.31. The summed E-state index contributed by atoms with van der Waals surface area (Å²) in [4.78, 5) is 0. The van der Waals surface area contributed by atoms with Crippen molar-refractivity contribution >= 4 is 0 Å². The lowest BCUT2D eigenvalue weighted by atomic mass is 10.1. The molecule has 1 rings (SSSR count). The Morgan fingerprint density at radius 3 is 2.67 bits per heavy atom. The van der Waals surface area contributed by atoms with Crippen LogP contribution in [0.25, 0.3) is 0 Å². The van der Waals surface area contributed by atoms with Crippen molar-refractivity contribution < 1.29 is 4.57 Å². The summed E-state index contributed by atoms with van der Waals surface area (Å²) >= 11 is 0. The predicted molar refractivity (Wildman–Crippen MR) is 51.0 cm³/mol. The first-order chi connectivity index (χ1) is 5.79. The lowest BCUT2D eigenvalue weighted by Crippen LogP contribution is -2.38. The zero-order chi connectivity index (χ0) is 8.97. The molecule has 0 fully saturated rings. The van der Waals surface area contributed by atoms with E-state index >= 15 is 0 Å². The molecule has 0 aliphatic carbocycles. The van der Waals surface area contributed by atoms with E-state index in [4.69, 9.17) is 0 Å². The van der Waals surface area contributed by atoms with Gasteiger partial charge in [-0.25, -0.2) is 4.57 Å². The monoisotopic (exact) mass is 164 g/mol. The van der Waals surface area contributed by atoms with E-state index in [2.05, 4.69) is 43.7 Å². The van der Waals surface area contributed by atoms with Crippen LogP contribution in [0.2, 0.25) is 0 Å². The molecule has 0 aromatic carbocycles. The van der Waals surface area contributed by atoms with Crippen molar-refractivity contribution in [3.63, 3.8) is 0 Å². The molecule has 0 saturated heterocycles. The first-order valence-corrected chi connectivity index (χ1v) is 4.77. The molecule has 0 N–H and O–H groups in total. The van der Waals surface area contributed by atoms with E-state index in [0.29, 0.717) is 0 Å². The lowest BCUT2D eigenvalue weighted by molar-refractivity contribution is -0.704. The molecule has 0 aliphatic heterocycles. The molecule has 0 spiro atoms. The first kappa shape index (κ1) is 9.24. The van der Waals surface area contributed by atoms with Gasteiger partial charge < -0.3 is 0 Å². The standard InChI is InChI=1S/C11H18N/c1-4-8-12-9-6-7-10(3)11(12)5-2/h6-7,9H,4-5,8H2,1-3H3/q+1. The smallest absolute Gasteiger partial charge is 0.183 e. The Balaban J connectivity index is 3.00. The second-order valence-electron chi connectivity index (χ2n) is 3.18. The molecule has 12 heavy (non-hydrogen) atoms. The van der Waals surface area contributed by atoms with Gasteiger partial charge in [-0.05, 0) is 13.0 Å². The molecule has 0 radical (unpaired) electrons. The van der Waals surface area contributed by atoms with E-state index in [0.717, 1.165) is 13.0 Å². The molecule has 1 heterocycles. The Kier molecular flexibility index (Phi) is 3.27. The van der Waals surface area contributed by atoms with Gasteiger partial charge in [0.1, 0.15) is 6.54 Å². The molecule has 0 amide bonds. The highest BCUT2D eigenvalue weighted by Crippen LogP contribution is 2.01. The molecule has 0 unspecified atom stereocenters. The zero-order valence-electron chi connectivity index (χ0n) is 8.30. The Morgan fingerprint density at radius 1 is 1.33 bits per heavy atom. The van der Waals surface area contributed by atoms with Gasteiger partial charge in [-0.1, -0.05) is 13.8 Å². The van der Waals surface area contributed by atoms with E-state index in [-0.39, 0.29) is 0 Å². The minimum absolute atomic E-state index is 1.13. The second-order valence-corrected chi connectivity index (χ2v) is 3.18. The van der Waals surface area contributed by atoms with Crippen molar-refractivity contribution in [3.8, 4) is 0 Å². The van der Waals surface area contributed by atoms with Crippen molar-refractivity contribution in [2.24, 2.45) is 0 Å². The molecule has 0 saturated carbocycles. The third-order valence-corrected chi connectivity index (χ3v) is 2.21. The fourth-order valence-electron chi connectivity index (χ4n) is 1.64. The zero-order valence-corrected chi connectivity index (χ0v) is 8.30. The van der Waals surface area contributed by atoms with Gasteiger partial charge in [0.2, 0.25) is 0 Å². The van der Waals surface area contributed by atoms with Gasteiger partial charge in [0.25, 0.3) is 0 Å². The molecular formula is C11H18N+. The third kappa shape index (κ3) is 1.84. The fraction of sp³-hybridized carbons (Fsp3) is 0.545. The van der Waals surface area contributed by atoms with Crippen LogP contribution >= 0.6 is 0 Å². The van der Waals surface area contributed by atoms with E-state index < -0.39 is 0 Å². The minimum atomic E-state index is 1.13. The van der Waals surface area contributed by atoms with E-state index in [1.54, 1.807) is 0 Å². The largest absolute Gasteiger partial charge is 0.202 e. The molecule has 1 aromatic heterocycles. The molecule has 1 aromatic rings. The summed E-state index contributed by atoms with van der Waals surface area (Å²) in [5.74, 6) is 0. The van der Waals surface area contributed by atoms with Crippen LogP contribution in [0.4, 0.5) is 0 Å². The highest BCUT2D eigenvalue weighted by atomic mass is 14.9. The van der Waals surface area contributed by atoms with E-state index in [1.807, 2.05) is 0 Å². The molecule has 1 heteroatoms. The van der Waals surface area contributed by atoms with Gasteiger partial charge in [-0.3, -0.25) is 0 Å². The van der Waals surface area contributed by atoms with Gasteiger partial charge in [0.15, 0.2) is 11.9 Å². The topological polar surface area (TPSA) is 3.88 Å². The Bertz CT molecular complexity index is 253. The van der Waals surface area contributed by atoms with Crippen molar-refractivity contribution in [1.82, 2.24) is 0 Å². The number of hydrogen-bond acceptors (Lipinski definition) is 0. The van der Waals surface area contributed by atoms with Crippen LogP contribution in [0.1, 0.15) is 31.5 Å². The molecule has 0 atom stereocenters. The van der Waals surface area contributed by atoms with Crippen LogP contribution < -0.4 is 4.57 Å². The normalized spacial score (nSPS) is 10.2. The van der Waals surface area contributed by atoms with Crippen LogP contribution in [0.5, 0.6) is 0 Å². The fourth-order valence-corrected chi connectivity index (χ4v) is 1.64. The van der Waals surface area contributed by atoms with Crippen LogP contribution in [-0.4, -0.2) is 0 Å². The average Bonchev–Trinajstić information content (AvgIpc) is 2.05. The number of hydrogen-bond donors (Lipinski definition) is 0. The quantitative estimate of drug-likeness (QED) is 0.603. The number of pyridine rings is 1. The SMILES string of the molecule is CCC[n+]1cccc(C)c1CC. The first-order valence-electron chi connectivity index (χ1n) is 4.77. The number of rotatable bonds is 3. The van der Waals surface area contributed by atoms with Gasteiger partial charge in [-0.2, -0.15) is 0 Å². The van der Waals surface area contributed by atoms with Gasteiger partial charge in [0, 0.05) is 24.5 Å². The lowest BCUT2D eigenvalue weighted by Gasteiger charge is -2.02. The highest BCUT2D eigenvalue weighted by molar-refractivity contribution is 5.12. The van der Waals surface area contributed by atoms with Crippen LogP contribution in [-0.2, 0) is 13.0 Å². The maximum absolute atomic E-state index is 2.36. The Hall–Kier alpha value is -0.850. The molecule has 0 bridgehead atoms. The third-order valence-electron chi connectivity index (χ3n) is 2.21. The maximum Gasteiger partial charge on any atom is 0.183 e. The summed E-state index contributed by atoms with van der Waals surface area (Å²) < 4.78 is 2.36. The van der Waals surface area contributed by atoms with Crippen molar-refractivity contribution in [2.75, 3.05) is 0 Å². The highest BCUT2D eigenvalue weighted by Gasteiger charge is 2.08.